The quantitative estimate of drug-likeness (QED) is 0.793. The highest BCUT2D eigenvalue weighted by Gasteiger charge is 2.06. The SMILES string of the molecule is CCOc1ccc(NCc2ccc(CSC)o2)cc1OC. The zero-order valence-electron chi connectivity index (χ0n) is 12.6. The Morgan fingerprint density at radius 2 is 1.95 bits per heavy atom. The third-order valence-corrected chi connectivity index (χ3v) is 3.51. The Bertz CT molecular complexity index is 568. The molecule has 1 N–H and O–H groups in total. The van der Waals surface area contributed by atoms with Crippen LogP contribution in [0.25, 0.3) is 0 Å². The van der Waals surface area contributed by atoms with Crippen molar-refractivity contribution in [3.05, 3.63) is 41.9 Å². The van der Waals surface area contributed by atoms with Crippen molar-refractivity contribution in [2.75, 3.05) is 25.3 Å². The predicted molar refractivity (Wildman–Crippen MR) is 87.4 cm³/mol. The third-order valence-electron chi connectivity index (χ3n) is 2.93. The van der Waals surface area contributed by atoms with Crippen molar-refractivity contribution in [2.24, 2.45) is 0 Å². The van der Waals surface area contributed by atoms with E-state index in [1.54, 1.807) is 18.9 Å². The van der Waals surface area contributed by atoms with Crippen molar-refractivity contribution in [3.8, 4) is 11.5 Å². The molecule has 0 aliphatic heterocycles. The van der Waals surface area contributed by atoms with E-state index >= 15 is 0 Å². The molecule has 114 valence electrons. The van der Waals surface area contributed by atoms with E-state index in [1.165, 1.54) is 0 Å². The Kier molecular flexibility index (Phi) is 5.87. The molecular weight excluding hydrogens is 286 g/mol. The molecule has 0 radical (unpaired) electrons. The van der Waals surface area contributed by atoms with E-state index in [-0.39, 0.29) is 0 Å². The molecule has 21 heavy (non-hydrogen) atoms. The molecule has 0 spiro atoms. The number of rotatable bonds is 8. The summed E-state index contributed by atoms with van der Waals surface area (Å²) >= 11 is 1.75. The lowest BCUT2D eigenvalue weighted by Gasteiger charge is -2.11. The number of benzene rings is 1. The Morgan fingerprint density at radius 1 is 1.14 bits per heavy atom. The molecule has 0 fully saturated rings. The summed E-state index contributed by atoms with van der Waals surface area (Å²) in [5, 5.41) is 3.32. The minimum absolute atomic E-state index is 0.619. The second-order valence-electron chi connectivity index (χ2n) is 4.45. The lowest BCUT2D eigenvalue weighted by molar-refractivity contribution is 0.311. The van der Waals surface area contributed by atoms with E-state index in [9.17, 15) is 0 Å². The average Bonchev–Trinajstić information content (AvgIpc) is 2.94. The second-order valence-corrected chi connectivity index (χ2v) is 5.32. The van der Waals surface area contributed by atoms with Crippen molar-refractivity contribution in [3.63, 3.8) is 0 Å². The monoisotopic (exact) mass is 307 g/mol. The molecule has 0 saturated carbocycles. The number of furan rings is 1. The summed E-state index contributed by atoms with van der Waals surface area (Å²) in [4.78, 5) is 0. The standard InChI is InChI=1S/C16H21NO3S/c1-4-19-15-8-5-12(9-16(15)18-2)17-10-13-6-7-14(20-13)11-21-3/h5-9,17H,4,10-11H2,1-3H3. The highest BCUT2D eigenvalue weighted by atomic mass is 32.2. The van der Waals surface area contributed by atoms with Gasteiger partial charge in [0.15, 0.2) is 11.5 Å². The highest BCUT2D eigenvalue weighted by molar-refractivity contribution is 7.97. The van der Waals surface area contributed by atoms with Crippen molar-refractivity contribution in [2.45, 2.75) is 19.2 Å². The van der Waals surface area contributed by atoms with Crippen LogP contribution in [0.3, 0.4) is 0 Å². The lowest BCUT2D eigenvalue weighted by Crippen LogP contribution is -2.00. The number of anilines is 1. The second kappa shape index (κ2) is 7.88. The smallest absolute Gasteiger partial charge is 0.162 e. The van der Waals surface area contributed by atoms with Crippen LogP contribution in [-0.4, -0.2) is 20.0 Å². The van der Waals surface area contributed by atoms with Crippen molar-refractivity contribution in [1.29, 1.82) is 0 Å². The third kappa shape index (κ3) is 4.36. The maximum atomic E-state index is 5.73. The van der Waals surface area contributed by atoms with Gasteiger partial charge in [-0.15, -0.1) is 0 Å². The Labute approximate surface area is 129 Å². The first-order valence-corrected chi connectivity index (χ1v) is 8.27. The van der Waals surface area contributed by atoms with Crippen LogP contribution in [0.15, 0.2) is 34.7 Å². The van der Waals surface area contributed by atoms with Crippen molar-refractivity contribution < 1.29 is 13.9 Å². The summed E-state index contributed by atoms with van der Waals surface area (Å²) < 4.78 is 16.6. The molecule has 5 heteroatoms. The Hall–Kier alpha value is -1.75. The van der Waals surface area contributed by atoms with Gasteiger partial charge in [0.2, 0.25) is 0 Å². The molecule has 2 aromatic rings. The fourth-order valence-electron chi connectivity index (χ4n) is 1.98. The summed E-state index contributed by atoms with van der Waals surface area (Å²) in [6.07, 6.45) is 2.06. The minimum Gasteiger partial charge on any atom is -0.493 e. The predicted octanol–water partition coefficient (Wildman–Crippen LogP) is 4.16. The van der Waals surface area contributed by atoms with Gasteiger partial charge in [-0.1, -0.05) is 0 Å². The molecule has 0 bridgehead atoms. The largest absolute Gasteiger partial charge is 0.493 e. The molecule has 1 heterocycles. The van der Waals surface area contributed by atoms with Gasteiger partial charge in [-0.25, -0.2) is 0 Å². The van der Waals surface area contributed by atoms with E-state index in [0.29, 0.717) is 13.2 Å². The lowest BCUT2D eigenvalue weighted by atomic mass is 10.2. The normalized spacial score (nSPS) is 10.4. The fourth-order valence-corrected chi connectivity index (χ4v) is 2.42. The fraction of sp³-hybridized carbons (Fsp3) is 0.375. The van der Waals surface area contributed by atoms with Gasteiger partial charge in [0, 0.05) is 11.8 Å². The molecule has 0 unspecified atom stereocenters. The molecule has 0 aliphatic carbocycles. The minimum atomic E-state index is 0.619. The van der Waals surface area contributed by atoms with Gasteiger partial charge in [-0.2, -0.15) is 11.8 Å². The number of thioether (sulfide) groups is 1. The molecule has 0 amide bonds. The first-order chi connectivity index (χ1) is 10.3. The molecule has 0 aliphatic rings. The summed E-state index contributed by atoms with van der Waals surface area (Å²) in [5.74, 6) is 4.31. The summed E-state index contributed by atoms with van der Waals surface area (Å²) in [6, 6.07) is 9.83. The number of methoxy groups -OCH3 is 1. The van der Waals surface area contributed by atoms with Crippen molar-refractivity contribution >= 4 is 17.4 Å². The maximum Gasteiger partial charge on any atom is 0.162 e. The van der Waals surface area contributed by atoms with Gasteiger partial charge in [-0.05, 0) is 37.4 Å². The zero-order valence-corrected chi connectivity index (χ0v) is 13.5. The van der Waals surface area contributed by atoms with Gasteiger partial charge < -0.3 is 19.2 Å². The van der Waals surface area contributed by atoms with E-state index < -0.39 is 0 Å². The molecule has 1 aromatic heterocycles. The van der Waals surface area contributed by atoms with Gasteiger partial charge in [-0.3, -0.25) is 0 Å². The maximum absolute atomic E-state index is 5.73. The molecule has 1 aromatic carbocycles. The van der Waals surface area contributed by atoms with Crippen LogP contribution in [0.4, 0.5) is 5.69 Å². The van der Waals surface area contributed by atoms with Crippen LogP contribution in [0, 0.1) is 0 Å². The number of nitrogens with one attached hydrogen (secondary N) is 1. The van der Waals surface area contributed by atoms with E-state index in [1.807, 2.05) is 37.3 Å². The number of hydrogen-bond donors (Lipinski definition) is 1. The first-order valence-electron chi connectivity index (χ1n) is 6.88. The van der Waals surface area contributed by atoms with Crippen LogP contribution < -0.4 is 14.8 Å². The molecule has 0 atom stereocenters. The van der Waals surface area contributed by atoms with Gasteiger partial charge in [0.25, 0.3) is 0 Å². The number of ether oxygens (including phenoxy) is 2. The van der Waals surface area contributed by atoms with Crippen LogP contribution in [0.2, 0.25) is 0 Å². The van der Waals surface area contributed by atoms with Crippen LogP contribution >= 0.6 is 11.8 Å². The van der Waals surface area contributed by atoms with Crippen molar-refractivity contribution in [1.82, 2.24) is 0 Å². The zero-order chi connectivity index (χ0) is 15.1. The molecule has 0 saturated heterocycles. The Morgan fingerprint density at radius 3 is 2.67 bits per heavy atom. The summed E-state index contributed by atoms with van der Waals surface area (Å²) in [5.41, 5.74) is 0.970. The number of hydrogen-bond acceptors (Lipinski definition) is 5. The van der Waals surface area contributed by atoms with Crippen LogP contribution in [-0.2, 0) is 12.3 Å². The summed E-state index contributed by atoms with van der Waals surface area (Å²) in [7, 11) is 1.64. The highest BCUT2D eigenvalue weighted by Crippen LogP contribution is 2.30. The Balaban J connectivity index is 1.98. The molecular formula is C16H21NO3S. The molecule has 4 nitrogen and oxygen atoms in total. The van der Waals surface area contributed by atoms with E-state index in [2.05, 4.69) is 11.6 Å². The van der Waals surface area contributed by atoms with Gasteiger partial charge >= 0.3 is 0 Å². The molecule has 2 rings (SSSR count). The average molecular weight is 307 g/mol. The summed E-state index contributed by atoms with van der Waals surface area (Å²) in [6.45, 7) is 3.22. The van der Waals surface area contributed by atoms with Crippen LogP contribution in [0.1, 0.15) is 18.4 Å². The van der Waals surface area contributed by atoms with Gasteiger partial charge in [0.05, 0.1) is 26.0 Å². The van der Waals surface area contributed by atoms with Gasteiger partial charge in [0.1, 0.15) is 11.5 Å². The van der Waals surface area contributed by atoms with E-state index in [0.717, 1.165) is 34.5 Å². The topological polar surface area (TPSA) is 43.6 Å². The first kappa shape index (κ1) is 15.6. The van der Waals surface area contributed by atoms with Crippen LogP contribution in [0.5, 0.6) is 11.5 Å². The van der Waals surface area contributed by atoms with E-state index in [4.69, 9.17) is 13.9 Å².